The summed E-state index contributed by atoms with van der Waals surface area (Å²) >= 11 is 13.4. The molecule has 0 unspecified atom stereocenters. The van der Waals surface area contributed by atoms with Gasteiger partial charge in [0.15, 0.2) is 6.61 Å². The molecule has 0 N–H and O–H groups in total. The molecule has 0 saturated carbocycles. The first kappa shape index (κ1) is 16.5. The van der Waals surface area contributed by atoms with E-state index in [2.05, 4.69) is 0 Å². The van der Waals surface area contributed by atoms with E-state index in [9.17, 15) is 4.79 Å². The summed E-state index contributed by atoms with van der Waals surface area (Å²) in [6, 6.07) is 3.26. The topological polar surface area (TPSA) is 35.5 Å². The van der Waals surface area contributed by atoms with E-state index in [1.165, 1.54) is 11.8 Å². The second-order valence-corrected chi connectivity index (χ2v) is 6.45. The summed E-state index contributed by atoms with van der Waals surface area (Å²) in [5, 5.41) is 0.959. The van der Waals surface area contributed by atoms with Crippen molar-refractivity contribution < 1.29 is 14.3 Å². The Morgan fingerprint density at radius 1 is 1.32 bits per heavy atom. The Balaban J connectivity index is 2.75. The predicted molar refractivity (Wildman–Crippen MR) is 79.6 cm³/mol. The zero-order valence-electron chi connectivity index (χ0n) is 11.3. The fourth-order valence-corrected chi connectivity index (χ4v) is 2.63. The van der Waals surface area contributed by atoms with Crippen LogP contribution in [0.3, 0.4) is 0 Å². The van der Waals surface area contributed by atoms with E-state index >= 15 is 0 Å². The second-order valence-electron chi connectivity index (χ2n) is 4.79. The van der Waals surface area contributed by atoms with Gasteiger partial charge < -0.3 is 9.47 Å². The van der Waals surface area contributed by atoms with Crippen molar-refractivity contribution >= 4 is 40.9 Å². The molecule has 0 amide bonds. The summed E-state index contributed by atoms with van der Waals surface area (Å²) in [6.07, 6.45) is 1.87. The lowest BCUT2D eigenvalue weighted by molar-refractivity contribution is -0.157. The number of hydrogen-bond donors (Lipinski definition) is 0. The van der Waals surface area contributed by atoms with Crippen LogP contribution in [0.5, 0.6) is 5.75 Å². The van der Waals surface area contributed by atoms with Gasteiger partial charge >= 0.3 is 5.97 Å². The van der Waals surface area contributed by atoms with Crippen LogP contribution >= 0.6 is 35.0 Å². The number of halogens is 2. The number of carbonyl (C=O) groups is 1. The molecule has 0 aliphatic rings. The van der Waals surface area contributed by atoms with Gasteiger partial charge in [0.2, 0.25) is 0 Å². The van der Waals surface area contributed by atoms with Crippen LogP contribution in [-0.2, 0) is 9.53 Å². The third-order valence-electron chi connectivity index (χ3n) is 1.94. The van der Waals surface area contributed by atoms with Crippen LogP contribution in [0.15, 0.2) is 17.0 Å². The molecule has 0 aromatic heterocycles. The molecule has 0 bridgehead atoms. The lowest BCUT2D eigenvalue weighted by Crippen LogP contribution is -2.27. The summed E-state index contributed by atoms with van der Waals surface area (Å²) in [7, 11) is 0. The van der Waals surface area contributed by atoms with Gasteiger partial charge in [-0.25, -0.2) is 4.79 Å². The van der Waals surface area contributed by atoms with Gasteiger partial charge in [0.05, 0.1) is 9.92 Å². The van der Waals surface area contributed by atoms with Gasteiger partial charge in [-0.2, -0.15) is 0 Å². The zero-order valence-corrected chi connectivity index (χ0v) is 13.6. The molecule has 3 nitrogen and oxygen atoms in total. The maximum absolute atomic E-state index is 11.6. The van der Waals surface area contributed by atoms with Crippen LogP contribution in [0.1, 0.15) is 20.8 Å². The minimum absolute atomic E-state index is 0.179. The molecule has 106 valence electrons. The largest absolute Gasteiger partial charge is 0.481 e. The van der Waals surface area contributed by atoms with Gasteiger partial charge in [-0.1, -0.05) is 23.2 Å². The Morgan fingerprint density at radius 3 is 2.47 bits per heavy atom. The number of hydrogen-bond acceptors (Lipinski definition) is 4. The molecule has 0 radical (unpaired) electrons. The van der Waals surface area contributed by atoms with Crippen molar-refractivity contribution in [2.75, 3.05) is 12.9 Å². The van der Waals surface area contributed by atoms with Crippen LogP contribution in [0.4, 0.5) is 0 Å². The van der Waals surface area contributed by atoms with E-state index in [0.29, 0.717) is 15.8 Å². The minimum atomic E-state index is -0.533. The Kier molecular flexibility index (Phi) is 5.83. The number of rotatable bonds is 4. The summed E-state index contributed by atoms with van der Waals surface area (Å²) in [4.78, 5) is 12.3. The smallest absolute Gasteiger partial charge is 0.344 e. The Hall–Kier alpha value is -0.580. The first-order valence-electron chi connectivity index (χ1n) is 5.60. The lowest BCUT2D eigenvalue weighted by atomic mass is 10.2. The van der Waals surface area contributed by atoms with Crippen molar-refractivity contribution in [1.29, 1.82) is 0 Å². The highest BCUT2D eigenvalue weighted by Gasteiger charge is 2.18. The number of benzene rings is 1. The number of thioether (sulfide) groups is 1. The van der Waals surface area contributed by atoms with Crippen LogP contribution < -0.4 is 4.74 Å². The van der Waals surface area contributed by atoms with E-state index in [1.807, 2.05) is 6.26 Å². The van der Waals surface area contributed by atoms with Crippen molar-refractivity contribution in [3.05, 3.63) is 22.2 Å². The fraction of sp³-hybridized carbons (Fsp3) is 0.462. The zero-order chi connectivity index (χ0) is 14.6. The summed E-state index contributed by atoms with van der Waals surface area (Å²) in [5.74, 6) is 0.0477. The molecular formula is C13H16Cl2O3S. The van der Waals surface area contributed by atoms with Crippen LogP contribution in [-0.4, -0.2) is 24.4 Å². The highest BCUT2D eigenvalue weighted by molar-refractivity contribution is 7.98. The van der Waals surface area contributed by atoms with E-state index in [1.54, 1.807) is 32.9 Å². The molecule has 6 heteroatoms. The van der Waals surface area contributed by atoms with Crippen molar-refractivity contribution in [3.8, 4) is 5.75 Å². The average Bonchev–Trinajstić information content (AvgIpc) is 2.23. The molecule has 0 fully saturated rings. The predicted octanol–water partition coefficient (Wildman–Crippen LogP) is 4.44. The molecular weight excluding hydrogens is 307 g/mol. The summed E-state index contributed by atoms with van der Waals surface area (Å²) in [5.41, 5.74) is -0.533. The molecule has 1 aromatic rings. The molecule has 1 aromatic carbocycles. The maximum atomic E-state index is 11.6. The SMILES string of the molecule is CSc1c(Cl)cc(Cl)cc1OCC(=O)OC(C)(C)C. The molecule has 0 saturated heterocycles. The van der Waals surface area contributed by atoms with Crippen LogP contribution in [0, 0.1) is 0 Å². The quantitative estimate of drug-likeness (QED) is 0.606. The second kappa shape index (κ2) is 6.73. The minimum Gasteiger partial charge on any atom is -0.481 e. The fourth-order valence-electron chi connectivity index (χ4n) is 1.35. The third-order valence-corrected chi connectivity index (χ3v) is 3.40. The molecule has 0 spiro atoms. The molecule has 0 atom stereocenters. The first-order chi connectivity index (χ1) is 8.73. The third kappa shape index (κ3) is 5.51. The monoisotopic (exact) mass is 322 g/mol. The van der Waals surface area contributed by atoms with Crippen molar-refractivity contribution in [1.82, 2.24) is 0 Å². The van der Waals surface area contributed by atoms with Gasteiger partial charge in [-0.15, -0.1) is 11.8 Å². The van der Waals surface area contributed by atoms with E-state index in [4.69, 9.17) is 32.7 Å². The van der Waals surface area contributed by atoms with Gasteiger partial charge in [-0.05, 0) is 33.1 Å². The Labute approximate surface area is 127 Å². The molecule has 0 aliphatic heterocycles. The lowest BCUT2D eigenvalue weighted by Gasteiger charge is -2.20. The normalized spacial score (nSPS) is 11.3. The van der Waals surface area contributed by atoms with Gasteiger partial charge in [0, 0.05) is 11.1 Å². The maximum Gasteiger partial charge on any atom is 0.344 e. The van der Waals surface area contributed by atoms with Crippen molar-refractivity contribution in [2.45, 2.75) is 31.3 Å². The first-order valence-corrected chi connectivity index (χ1v) is 7.58. The number of carbonyl (C=O) groups excluding carboxylic acids is 1. The average molecular weight is 323 g/mol. The Morgan fingerprint density at radius 2 is 1.95 bits per heavy atom. The van der Waals surface area contributed by atoms with Gasteiger partial charge in [-0.3, -0.25) is 0 Å². The van der Waals surface area contributed by atoms with Crippen LogP contribution in [0.2, 0.25) is 10.0 Å². The van der Waals surface area contributed by atoms with Crippen molar-refractivity contribution in [3.63, 3.8) is 0 Å². The molecule has 19 heavy (non-hydrogen) atoms. The van der Waals surface area contributed by atoms with E-state index in [0.717, 1.165) is 4.90 Å². The standard InChI is InChI=1S/C13H16Cl2O3S/c1-13(2,3)18-11(16)7-17-10-6-8(14)5-9(15)12(10)19-4/h5-6H,7H2,1-4H3. The van der Waals surface area contributed by atoms with Gasteiger partial charge in [0.1, 0.15) is 11.4 Å². The van der Waals surface area contributed by atoms with E-state index < -0.39 is 11.6 Å². The van der Waals surface area contributed by atoms with Crippen LogP contribution in [0.25, 0.3) is 0 Å². The van der Waals surface area contributed by atoms with E-state index in [-0.39, 0.29) is 6.61 Å². The number of ether oxygens (including phenoxy) is 2. The highest BCUT2D eigenvalue weighted by atomic mass is 35.5. The summed E-state index contributed by atoms with van der Waals surface area (Å²) in [6.45, 7) is 5.22. The molecule has 0 aliphatic carbocycles. The molecule has 0 heterocycles. The van der Waals surface area contributed by atoms with Crippen molar-refractivity contribution in [2.24, 2.45) is 0 Å². The Bertz CT molecular complexity index is 470. The summed E-state index contributed by atoms with van der Waals surface area (Å²) < 4.78 is 10.6. The molecule has 1 rings (SSSR count). The number of esters is 1. The highest BCUT2D eigenvalue weighted by Crippen LogP contribution is 2.37. The van der Waals surface area contributed by atoms with Gasteiger partial charge in [0.25, 0.3) is 0 Å².